The zero-order valence-electron chi connectivity index (χ0n) is 13.9. The van der Waals surface area contributed by atoms with Crippen molar-refractivity contribution in [1.82, 2.24) is 9.62 Å². The molecule has 0 saturated carbocycles. The molecule has 1 saturated heterocycles. The number of ether oxygens (including phenoxy) is 1. The zero-order chi connectivity index (χ0) is 17.7. The highest BCUT2D eigenvalue weighted by molar-refractivity contribution is 7.89. The Bertz CT molecular complexity index is 685. The molecule has 0 radical (unpaired) electrons. The van der Waals surface area contributed by atoms with Gasteiger partial charge in [-0.05, 0) is 38.0 Å². The van der Waals surface area contributed by atoms with Crippen molar-refractivity contribution in [2.75, 3.05) is 20.2 Å². The van der Waals surface area contributed by atoms with Gasteiger partial charge in [-0.15, -0.1) is 0 Å². The maximum absolute atomic E-state index is 12.5. The van der Waals surface area contributed by atoms with Crippen molar-refractivity contribution in [3.8, 4) is 5.75 Å². The molecule has 2 rings (SSSR count). The molecular weight excluding hydrogens is 352 g/mol. The number of halogens is 1. The van der Waals surface area contributed by atoms with Crippen LogP contribution in [-0.2, 0) is 14.8 Å². The maximum Gasteiger partial charge on any atom is 0.241 e. The lowest BCUT2D eigenvalue weighted by Gasteiger charge is -2.24. The number of benzene rings is 1. The van der Waals surface area contributed by atoms with Crippen LogP contribution in [0.25, 0.3) is 0 Å². The predicted octanol–water partition coefficient (Wildman–Crippen LogP) is 2.42. The van der Waals surface area contributed by atoms with Gasteiger partial charge in [0.2, 0.25) is 15.9 Å². The molecule has 0 aliphatic carbocycles. The molecule has 0 spiro atoms. The van der Waals surface area contributed by atoms with E-state index in [2.05, 4.69) is 4.72 Å². The second-order valence-corrected chi connectivity index (χ2v) is 8.00. The van der Waals surface area contributed by atoms with E-state index >= 15 is 0 Å². The summed E-state index contributed by atoms with van der Waals surface area (Å²) in [4.78, 5) is 14.2. The minimum absolute atomic E-state index is 0.00353. The normalized spacial score (nSPS) is 17.2. The van der Waals surface area contributed by atoms with Gasteiger partial charge in [0.25, 0.3) is 0 Å². The average molecular weight is 375 g/mol. The van der Waals surface area contributed by atoms with E-state index in [0.29, 0.717) is 18.8 Å². The van der Waals surface area contributed by atoms with Gasteiger partial charge < -0.3 is 9.64 Å². The summed E-state index contributed by atoms with van der Waals surface area (Å²) in [6.45, 7) is 2.93. The van der Waals surface area contributed by atoms with Crippen molar-refractivity contribution in [2.24, 2.45) is 0 Å². The summed E-state index contributed by atoms with van der Waals surface area (Å²) < 4.78 is 32.4. The minimum atomic E-state index is -3.84. The monoisotopic (exact) mass is 374 g/mol. The number of carbonyl (C=O) groups excluding carboxylic acids is 1. The van der Waals surface area contributed by atoms with E-state index in [1.807, 2.05) is 0 Å². The van der Waals surface area contributed by atoms with Gasteiger partial charge in [0.1, 0.15) is 5.75 Å². The summed E-state index contributed by atoms with van der Waals surface area (Å²) >= 11 is 5.98. The lowest BCUT2D eigenvalue weighted by Crippen LogP contribution is -2.47. The van der Waals surface area contributed by atoms with E-state index in [9.17, 15) is 13.2 Å². The lowest BCUT2D eigenvalue weighted by molar-refractivity contribution is -0.132. The highest BCUT2D eigenvalue weighted by Gasteiger charge is 2.26. The van der Waals surface area contributed by atoms with Gasteiger partial charge in [-0.2, -0.15) is 4.72 Å². The first-order valence-electron chi connectivity index (χ1n) is 8.00. The Morgan fingerprint density at radius 3 is 2.42 bits per heavy atom. The van der Waals surface area contributed by atoms with Crippen LogP contribution in [0, 0.1) is 0 Å². The van der Waals surface area contributed by atoms with Crippen LogP contribution in [0.2, 0.25) is 5.02 Å². The molecule has 1 aromatic carbocycles. The summed E-state index contributed by atoms with van der Waals surface area (Å²) in [6.07, 6.45) is 4.13. The van der Waals surface area contributed by atoms with E-state index < -0.39 is 16.1 Å². The summed E-state index contributed by atoms with van der Waals surface area (Å²) in [5, 5.41) is 0.201. The van der Waals surface area contributed by atoms with Crippen molar-refractivity contribution in [3.63, 3.8) is 0 Å². The number of methoxy groups -OCH3 is 1. The summed E-state index contributed by atoms with van der Waals surface area (Å²) in [7, 11) is -2.38. The third-order valence-electron chi connectivity index (χ3n) is 4.05. The highest BCUT2D eigenvalue weighted by Crippen LogP contribution is 2.27. The van der Waals surface area contributed by atoms with Crippen LogP contribution in [0.1, 0.15) is 32.6 Å². The summed E-state index contributed by atoms with van der Waals surface area (Å²) in [6, 6.07) is 3.37. The molecule has 0 unspecified atom stereocenters. The van der Waals surface area contributed by atoms with Crippen LogP contribution >= 0.6 is 11.6 Å². The zero-order valence-corrected chi connectivity index (χ0v) is 15.5. The van der Waals surface area contributed by atoms with Crippen LogP contribution in [0.15, 0.2) is 23.1 Å². The number of likely N-dealkylation sites (tertiary alicyclic amines) is 1. The van der Waals surface area contributed by atoms with Gasteiger partial charge in [-0.1, -0.05) is 24.4 Å². The van der Waals surface area contributed by atoms with Crippen molar-refractivity contribution >= 4 is 27.5 Å². The SMILES string of the molecule is COc1ccc(S(=O)(=O)N[C@@H](C)C(=O)N2CCCCCC2)cc1Cl. The first-order valence-corrected chi connectivity index (χ1v) is 9.86. The number of hydrogen-bond acceptors (Lipinski definition) is 4. The summed E-state index contributed by atoms with van der Waals surface area (Å²) in [5.74, 6) is 0.199. The average Bonchev–Trinajstić information content (AvgIpc) is 2.82. The molecular formula is C16H23ClN2O4S. The Hall–Kier alpha value is -1.31. The van der Waals surface area contributed by atoms with Crippen LogP contribution in [0.4, 0.5) is 0 Å². The van der Waals surface area contributed by atoms with Gasteiger partial charge in [0, 0.05) is 13.1 Å². The molecule has 6 nitrogen and oxygen atoms in total. The van der Waals surface area contributed by atoms with Crippen LogP contribution in [0.5, 0.6) is 5.75 Å². The Balaban J connectivity index is 2.09. The molecule has 1 aliphatic rings. The fraction of sp³-hybridized carbons (Fsp3) is 0.562. The lowest BCUT2D eigenvalue weighted by atomic mass is 10.2. The number of nitrogens with zero attached hydrogens (tertiary/aromatic N) is 1. The maximum atomic E-state index is 12.5. The van der Waals surface area contributed by atoms with Gasteiger partial charge >= 0.3 is 0 Å². The molecule has 1 N–H and O–H groups in total. The molecule has 8 heteroatoms. The van der Waals surface area contributed by atoms with Crippen molar-refractivity contribution < 1.29 is 17.9 Å². The van der Waals surface area contributed by atoms with Crippen LogP contribution in [-0.4, -0.2) is 45.5 Å². The molecule has 1 amide bonds. The van der Waals surface area contributed by atoms with E-state index in [-0.39, 0.29) is 15.8 Å². The number of carbonyl (C=O) groups is 1. The third kappa shape index (κ3) is 4.62. The fourth-order valence-electron chi connectivity index (χ4n) is 2.73. The van der Waals surface area contributed by atoms with Crippen LogP contribution in [0.3, 0.4) is 0 Å². The standard InChI is InChI=1S/C16H23ClN2O4S/c1-12(16(20)19-9-5-3-4-6-10-19)18-24(21,22)13-7-8-15(23-2)14(17)11-13/h7-8,11-12,18H,3-6,9-10H2,1-2H3/t12-/m0/s1. The van der Waals surface area contributed by atoms with E-state index in [1.165, 1.54) is 25.3 Å². The Labute approximate surface area is 148 Å². The predicted molar refractivity (Wildman–Crippen MR) is 92.8 cm³/mol. The van der Waals surface area contributed by atoms with Crippen molar-refractivity contribution in [2.45, 2.75) is 43.5 Å². The van der Waals surface area contributed by atoms with Gasteiger partial charge in [0.05, 0.1) is 23.1 Å². The topological polar surface area (TPSA) is 75.7 Å². The molecule has 134 valence electrons. The first-order chi connectivity index (χ1) is 11.3. The molecule has 0 bridgehead atoms. The van der Waals surface area contributed by atoms with E-state index in [0.717, 1.165) is 25.7 Å². The molecule has 24 heavy (non-hydrogen) atoms. The Morgan fingerprint density at radius 2 is 1.88 bits per heavy atom. The molecule has 1 atom stereocenters. The van der Waals surface area contributed by atoms with Gasteiger partial charge in [-0.3, -0.25) is 4.79 Å². The Morgan fingerprint density at radius 1 is 1.25 bits per heavy atom. The minimum Gasteiger partial charge on any atom is -0.495 e. The van der Waals surface area contributed by atoms with E-state index in [4.69, 9.17) is 16.3 Å². The van der Waals surface area contributed by atoms with Crippen LogP contribution < -0.4 is 9.46 Å². The molecule has 1 aliphatic heterocycles. The molecule has 1 fully saturated rings. The molecule has 1 aromatic rings. The second kappa shape index (κ2) is 8.18. The number of nitrogens with one attached hydrogen (secondary N) is 1. The number of amides is 1. The van der Waals surface area contributed by atoms with Crippen molar-refractivity contribution in [1.29, 1.82) is 0 Å². The van der Waals surface area contributed by atoms with Gasteiger partial charge in [0.15, 0.2) is 0 Å². The summed E-state index contributed by atoms with van der Waals surface area (Å²) in [5.41, 5.74) is 0. The fourth-order valence-corrected chi connectivity index (χ4v) is 4.28. The van der Waals surface area contributed by atoms with E-state index in [1.54, 1.807) is 11.8 Å². The smallest absolute Gasteiger partial charge is 0.241 e. The second-order valence-electron chi connectivity index (χ2n) is 5.88. The molecule has 1 heterocycles. The third-order valence-corrected chi connectivity index (χ3v) is 5.89. The Kier molecular flexibility index (Phi) is 6.48. The number of rotatable bonds is 5. The number of sulfonamides is 1. The van der Waals surface area contributed by atoms with Crippen molar-refractivity contribution in [3.05, 3.63) is 23.2 Å². The first kappa shape index (κ1) is 19.0. The van der Waals surface area contributed by atoms with Gasteiger partial charge in [-0.25, -0.2) is 8.42 Å². The largest absolute Gasteiger partial charge is 0.495 e. The number of hydrogen-bond donors (Lipinski definition) is 1. The molecule has 0 aromatic heterocycles. The quantitative estimate of drug-likeness (QED) is 0.858. The highest BCUT2D eigenvalue weighted by atomic mass is 35.5.